The van der Waals surface area contributed by atoms with Crippen LogP contribution in [-0.4, -0.2) is 11.4 Å². The van der Waals surface area contributed by atoms with Crippen molar-refractivity contribution in [1.29, 1.82) is 0 Å². The lowest BCUT2D eigenvalue weighted by Crippen LogP contribution is -2.66. The van der Waals surface area contributed by atoms with E-state index in [0.717, 1.165) is 37.0 Å². The summed E-state index contributed by atoms with van der Waals surface area (Å²) in [4.78, 5) is 25.6. The Kier molecular flexibility index (Phi) is 4.17. The maximum Gasteiger partial charge on any atom is 0.343 e. The van der Waals surface area contributed by atoms with Crippen molar-refractivity contribution < 1.29 is 13.9 Å². The van der Waals surface area contributed by atoms with Crippen molar-refractivity contribution in [1.82, 2.24) is 0 Å². The summed E-state index contributed by atoms with van der Waals surface area (Å²) in [6, 6.07) is 0. The molecule has 0 aromatic carbocycles. The van der Waals surface area contributed by atoms with Gasteiger partial charge in [0.05, 0.1) is 5.56 Å². The summed E-state index contributed by atoms with van der Waals surface area (Å²) in [5, 5.41) is 0. The van der Waals surface area contributed by atoms with Crippen molar-refractivity contribution in [2.75, 3.05) is 0 Å². The fourth-order valence-electron chi connectivity index (χ4n) is 8.32. The van der Waals surface area contributed by atoms with Gasteiger partial charge in [0.25, 0.3) is 0 Å². The van der Waals surface area contributed by atoms with E-state index in [-0.39, 0.29) is 21.9 Å². The van der Waals surface area contributed by atoms with Crippen molar-refractivity contribution in [3.63, 3.8) is 0 Å². The van der Waals surface area contributed by atoms with Crippen LogP contribution in [0.25, 0.3) is 0 Å². The van der Waals surface area contributed by atoms with E-state index in [2.05, 4.69) is 40.7 Å². The Balaban J connectivity index is 1.65. The number of ether oxygens (including phenoxy) is 1. The van der Waals surface area contributed by atoms with Crippen molar-refractivity contribution in [2.24, 2.45) is 28.1 Å². The van der Waals surface area contributed by atoms with E-state index >= 15 is 0 Å². The van der Waals surface area contributed by atoms with Crippen LogP contribution in [0.5, 0.6) is 5.75 Å². The Morgan fingerprint density at radius 3 is 2.42 bits per heavy atom. The molecule has 4 aliphatic rings. The minimum Gasteiger partial charge on any atom is -0.481 e. The number of carbonyl (C=O) groups excluding carboxylic acids is 1. The van der Waals surface area contributed by atoms with E-state index < -0.39 is 5.60 Å². The highest BCUT2D eigenvalue weighted by atomic mass is 16.5. The molecule has 168 valence electrons. The molecule has 0 unspecified atom stereocenters. The Morgan fingerprint density at radius 1 is 1.00 bits per heavy atom. The van der Waals surface area contributed by atoms with Crippen LogP contribution >= 0.6 is 0 Å². The van der Waals surface area contributed by atoms with Crippen LogP contribution in [0, 0.1) is 41.9 Å². The van der Waals surface area contributed by atoms with Crippen LogP contribution in [0.1, 0.15) is 83.6 Å². The lowest BCUT2D eigenvalue weighted by molar-refractivity contribution is -0.185. The average molecular weight is 425 g/mol. The normalized spacial score (nSPS) is 40.6. The molecule has 4 nitrogen and oxygen atoms in total. The Labute approximate surface area is 185 Å². The Morgan fingerprint density at radius 2 is 1.71 bits per heavy atom. The van der Waals surface area contributed by atoms with Gasteiger partial charge in [-0.05, 0) is 69.3 Å². The number of carbonyl (C=O) groups is 1. The fraction of sp³-hybridized carbons (Fsp3) is 0.704. The first-order valence-electron chi connectivity index (χ1n) is 11.9. The van der Waals surface area contributed by atoms with Gasteiger partial charge in [-0.2, -0.15) is 0 Å². The molecule has 0 radical (unpaired) electrons. The largest absolute Gasteiger partial charge is 0.481 e. The number of aryl methyl sites for hydroxylation is 1. The third kappa shape index (κ3) is 2.37. The van der Waals surface area contributed by atoms with Gasteiger partial charge in [-0.1, -0.05) is 33.8 Å². The van der Waals surface area contributed by atoms with Crippen molar-refractivity contribution in [3.05, 3.63) is 39.0 Å². The number of rotatable bonds is 0. The molecule has 1 aliphatic heterocycles. The van der Waals surface area contributed by atoms with Gasteiger partial charge in [0.1, 0.15) is 22.9 Å². The predicted octanol–water partition coefficient (Wildman–Crippen LogP) is 5.71. The molecule has 1 aromatic rings. The van der Waals surface area contributed by atoms with Gasteiger partial charge >= 0.3 is 5.63 Å². The molecule has 2 saturated carbocycles. The van der Waals surface area contributed by atoms with Gasteiger partial charge < -0.3 is 9.15 Å². The maximum absolute atomic E-state index is 12.8. The minimum absolute atomic E-state index is 0.0857. The van der Waals surface area contributed by atoms with E-state index in [0.29, 0.717) is 41.8 Å². The molecule has 31 heavy (non-hydrogen) atoms. The van der Waals surface area contributed by atoms with Crippen LogP contribution in [0.3, 0.4) is 0 Å². The van der Waals surface area contributed by atoms with Gasteiger partial charge in [-0.25, -0.2) is 4.79 Å². The third-order valence-electron chi connectivity index (χ3n) is 10.4. The smallest absolute Gasteiger partial charge is 0.343 e. The summed E-state index contributed by atoms with van der Waals surface area (Å²) in [6.45, 7) is 15.2. The SMILES string of the molecule is CC1=CC[C@@H]2[C@@]3(C)CCC(=O)C(C)(C)[C@@H]3CC[C@@]2(C)[C@@]12Cc1c(c(C)c(C)oc1=O)O2. The zero-order valence-corrected chi connectivity index (χ0v) is 20.1. The van der Waals surface area contributed by atoms with E-state index in [1.54, 1.807) is 0 Å². The molecule has 2 heterocycles. The topological polar surface area (TPSA) is 56.5 Å². The Bertz CT molecular complexity index is 1080. The summed E-state index contributed by atoms with van der Waals surface area (Å²) in [5.74, 6) is 2.61. The molecular weight excluding hydrogens is 388 g/mol. The monoisotopic (exact) mass is 424 g/mol. The van der Waals surface area contributed by atoms with Gasteiger partial charge in [0.2, 0.25) is 0 Å². The van der Waals surface area contributed by atoms with Crippen LogP contribution in [0.2, 0.25) is 0 Å². The first-order chi connectivity index (χ1) is 14.4. The van der Waals surface area contributed by atoms with Crippen molar-refractivity contribution in [3.8, 4) is 5.75 Å². The predicted molar refractivity (Wildman–Crippen MR) is 120 cm³/mol. The molecular formula is C27H36O4. The van der Waals surface area contributed by atoms with Crippen LogP contribution in [-0.2, 0) is 11.2 Å². The lowest BCUT2D eigenvalue weighted by Gasteiger charge is -2.66. The summed E-state index contributed by atoms with van der Waals surface area (Å²) in [7, 11) is 0. The standard InChI is InChI=1S/C27H36O4/c1-15-8-9-20-25(6)12-11-21(28)24(4,5)19(25)10-13-26(20,7)27(15)14-18-22(31-27)16(2)17(3)30-23(18)29/h8,19-20H,9-14H2,1-7H3/t19-,20+,25-,26+,27+/m0/s1. The quantitative estimate of drug-likeness (QED) is 0.501. The molecule has 5 rings (SSSR count). The highest BCUT2D eigenvalue weighted by Gasteiger charge is 2.68. The molecule has 1 spiro atoms. The summed E-state index contributed by atoms with van der Waals surface area (Å²) in [5.41, 5.74) is 1.84. The first kappa shape index (κ1) is 21.0. The van der Waals surface area contributed by atoms with Crippen molar-refractivity contribution in [2.45, 2.75) is 92.6 Å². The molecule has 0 bridgehead atoms. The van der Waals surface area contributed by atoms with Gasteiger partial charge in [-0.3, -0.25) is 4.79 Å². The number of Topliss-reactive ketones (excluding diaryl/α,β-unsaturated/α-hetero) is 1. The highest BCUT2D eigenvalue weighted by molar-refractivity contribution is 5.85. The average Bonchev–Trinajstić information content (AvgIpc) is 3.11. The van der Waals surface area contributed by atoms with E-state index in [4.69, 9.17) is 9.15 Å². The maximum atomic E-state index is 12.8. The molecule has 4 heteroatoms. The molecule has 0 amide bonds. The van der Waals surface area contributed by atoms with Gasteiger partial charge in [0.15, 0.2) is 0 Å². The number of hydrogen-bond donors (Lipinski definition) is 0. The highest BCUT2D eigenvalue weighted by Crippen LogP contribution is 2.70. The number of allylic oxidation sites excluding steroid dienone is 1. The molecule has 1 aromatic heterocycles. The molecule has 0 N–H and O–H groups in total. The number of fused-ring (bicyclic) bond motifs is 5. The van der Waals surface area contributed by atoms with Gasteiger partial charge in [0, 0.05) is 29.2 Å². The lowest BCUT2D eigenvalue weighted by atomic mass is 9.38. The second-order valence-corrected chi connectivity index (χ2v) is 11.8. The molecule has 5 atom stereocenters. The number of hydrogen-bond acceptors (Lipinski definition) is 4. The zero-order valence-electron chi connectivity index (χ0n) is 20.1. The summed E-state index contributed by atoms with van der Waals surface area (Å²) < 4.78 is 12.5. The van der Waals surface area contributed by atoms with E-state index in [1.807, 2.05) is 13.8 Å². The summed E-state index contributed by atoms with van der Waals surface area (Å²) in [6.07, 6.45) is 7.64. The second kappa shape index (κ2) is 6.14. The van der Waals surface area contributed by atoms with Gasteiger partial charge in [-0.15, -0.1) is 0 Å². The Hall–Kier alpha value is -1.84. The molecule has 2 fully saturated rings. The van der Waals surface area contributed by atoms with Crippen LogP contribution < -0.4 is 10.4 Å². The number of ketones is 1. The minimum atomic E-state index is -0.509. The van der Waals surface area contributed by atoms with Crippen LogP contribution in [0.4, 0.5) is 0 Å². The van der Waals surface area contributed by atoms with Crippen LogP contribution in [0.15, 0.2) is 20.9 Å². The van der Waals surface area contributed by atoms with Crippen molar-refractivity contribution >= 4 is 5.78 Å². The zero-order chi connectivity index (χ0) is 22.6. The van der Waals surface area contributed by atoms with E-state index in [1.165, 1.54) is 5.57 Å². The summed E-state index contributed by atoms with van der Waals surface area (Å²) >= 11 is 0. The second-order valence-electron chi connectivity index (χ2n) is 11.8. The first-order valence-corrected chi connectivity index (χ1v) is 11.9. The van der Waals surface area contributed by atoms with E-state index in [9.17, 15) is 9.59 Å². The fourth-order valence-corrected chi connectivity index (χ4v) is 8.32. The third-order valence-corrected chi connectivity index (χ3v) is 10.4. The molecule has 3 aliphatic carbocycles. The molecule has 0 saturated heterocycles.